The molecule has 2 N–H and O–H groups in total. The number of nitrogens with zero attached hydrogens (tertiary/aromatic N) is 1. The van der Waals surface area contributed by atoms with E-state index in [9.17, 15) is 9.59 Å². The van der Waals surface area contributed by atoms with Gasteiger partial charge in [-0.3, -0.25) is 4.79 Å². The molecule has 0 aromatic carbocycles. The second-order valence-corrected chi connectivity index (χ2v) is 5.17. The van der Waals surface area contributed by atoms with Crippen LogP contribution in [0.3, 0.4) is 0 Å². The van der Waals surface area contributed by atoms with E-state index < -0.39 is 5.97 Å². The number of carbonyl (C=O) groups excluding carboxylic acids is 1. The third-order valence-electron chi connectivity index (χ3n) is 2.96. The fraction of sp³-hybridized carbons (Fsp3) is 0.538. The number of carbonyl (C=O) groups is 2. The van der Waals surface area contributed by atoms with Gasteiger partial charge in [0.2, 0.25) is 0 Å². The first-order valence-electron chi connectivity index (χ1n) is 6.32. The molecule has 5 nitrogen and oxygen atoms in total. The number of amides is 2. The zero-order valence-corrected chi connectivity index (χ0v) is 12.1. The van der Waals surface area contributed by atoms with E-state index in [0.29, 0.717) is 6.54 Å². The summed E-state index contributed by atoms with van der Waals surface area (Å²) in [6.07, 6.45) is 1.49. The standard InChI is InChI=1S/C13H20N2O3S/c1-3-10(2)15(8-12(16)17)13(18)14-6-4-11-5-7-19-9-11/h5,7,9-10H,3-4,6,8H2,1-2H3,(H,14,18)(H,16,17). The molecule has 0 bridgehead atoms. The molecule has 1 heterocycles. The number of nitrogens with one attached hydrogen (secondary N) is 1. The minimum atomic E-state index is -0.992. The highest BCUT2D eigenvalue weighted by Gasteiger charge is 2.20. The van der Waals surface area contributed by atoms with Gasteiger partial charge in [0.1, 0.15) is 6.54 Å². The van der Waals surface area contributed by atoms with Gasteiger partial charge < -0.3 is 15.3 Å². The number of hydrogen-bond donors (Lipinski definition) is 2. The van der Waals surface area contributed by atoms with E-state index in [0.717, 1.165) is 12.8 Å². The molecule has 0 aliphatic rings. The molecule has 106 valence electrons. The molecule has 2 amide bonds. The number of rotatable bonds is 7. The van der Waals surface area contributed by atoms with E-state index in [4.69, 9.17) is 5.11 Å². The molecule has 0 saturated heterocycles. The summed E-state index contributed by atoms with van der Waals surface area (Å²) >= 11 is 1.62. The Balaban J connectivity index is 2.44. The van der Waals surface area contributed by atoms with Gasteiger partial charge in [-0.25, -0.2) is 4.79 Å². The van der Waals surface area contributed by atoms with Gasteiger partial charge >= 0.3 is 12.0 Å². The molecule has 1 aromatic rings. The minimum Gasteiger partial charge on any atom is -0.480 e. The quantitative estimate of drug-likeness (QED) is 0.806. The van der Waals surface area contributed by atoms with Gasteiger partial charge in [0, 0.05) is 12.6 Å². The summed E-state index contributed by atoms with van der Waals surface area (Å²) in [5.41, 5.74) is 1.18. The molecule has 1 rings (SSSR count). The van der Waals surface area contributed by atoms with Crippen molar-refractivity contribution in [2.75, 3.05) is 13.1 Å². The van der Waals surface area contributed by atoms with Crippen LogP contribution >= 0.6 is 11.3 Å². The van der Waals surface area contributed by atoms with Crippen LogP contribution in [0.15, 0.2) is 16.8 Å². The van der Waals surface area contributed by atoms with Gasteiger partial charge in [0.25, 0.3) is 0 Å². The molecule has 0 fully saturated rings. The summed E-state index contributed by atoms with van der Waals surface area (Å²) in [5, 5.41) is 15.6. The molecule has 0 spiro atoms. The number of thiophene rings is 1. The largest absolute Gasteiger partial charge is 0.480 e. The highest BCUT2D eigenvalue weighted by Crippen LogP contribution is 2.07. The summed E-state index contributed by atoms with van der Waals surface area (Å²) in [6.45, 7) is 4.03. The summed E-state index contributed by atoms with van der Waals surface area (Å²) in [4.78, 5) is 24.1. The van der Waals surface area contributed by atoms with E-state index in [1.165, 1.54) is 10.5 Å². The lowest BCUT2D eigenvalue weighted by Gasteiger charge is -2.27. The van der Waals surface area contributed by atoms with E-state index in [-0.39, 0.29) is 18.6 Å². The highest BCUT2D eigenvalue weighted by atomic mass is 32.1. The van der Waals surface area contributed by atoms with Crippen LogP contribution in [0.4, 0.5) is 4.79 Å². The van der Waals surface area contributed by atoms with Crippen LogP contribution in [0.2, 0.25) is 0 Å². The molecular formula is C13H20N2O3S. The fourth-order valence-corrected chi connectivity index (χ4v) is 2.35. The van der Waals surface area contributed by atoms with Crippen LogP contribution in [-0.4, -0.2) is 41.1 Å². The normalized spacial score (nSPS) is 11.9. The molecule has 1 unspecified atom stereocenters. The van der Waals surface area contributed by atoms with Crippen LogP contribution in [0.25, 0.3) is 0 Å². The zero-order valence-electron chi connectivity index (χ0n) is 11.3. The Labute approximate surface area is 117 Å². The molecular weight excluding hydrogens is 264 g/mol. The Hall–Kier alpha value is -1.56. The van der Waals surface area contributed by atoms with Crippen molar-refractivity contribution in [3.63, 3.8) is 0 Å². The molecule has 0 radical (unpaired) electrons. The predicted octanol–water partition coefficient (Wildman–Crippen LogP) is 2.19. The van der Waals surface area contributed by atoms with Crippen LogP contribution in [0, 0.1) is 0 Å². The van der Waals surface area contributed by atoms with Gasteiger partial charge in [-0.15, -0.1) is 0 Å². The molecule has 1 atom stereocenters. The number of carboxylic acid groups (broad SMARTS) is 1. The maximum Gasteiger partial charge on any atom is 0.323 e. The van der Waals surface area contributed by atoms with E-state index in [2.05, 4.69) is 5.32 Å². The summed E-state index contributed by atoms with van der Waals surface area (Å²) in [5.74, 6) is -0.992. The topological polar surface area (TPSA) is 69.6 Å². The summed E-state index contributed by atoms with van der Waals surface area (Å²) in [7, 11) is 0. The zero-order chi connectivity index (χ0) is 14.3. The lowest BCUT2D eigenvalue weighted by molar-refractivity contribution is -0.138. The van der Waals surface area contributed by atoms with Crippen LogP contribution in [0.1, 0.15) is 25.8 Å². The Morgan fingerprint density at radius 2 is 2.26 bits per heavy atom. The van der Waals surface area contributed by atoms with Gasteiger partial charge in [-0.2, -0.15) is 11.3 Å². The Morgan fingerprint density at radius 1 is 1.53 bits per heavy atom. The molecule has 0 aliphatic carbocycles. The number of hydrogen-bond acceptors (Lipinski definition) is 3. The van der Waals surface area contributed by atoms with Crippen molar-refractivity contribution in [1.29, 1.82) is 0 Å². The van der Waals surface area contributed by atoms with Gasteiger partial charge in [0.05, 0.1) is 0 Å². The van der Waals surface area contributed by atoms with Crippen molar-refractivity contribution in [3.05, 3.63) is 22.4 Å². The van der Waals surface area contributed by atoms with Crippen LogP contribution in [-0.2, 0) is 11.2 Å². The van der Waals surface area contributed by atoms with Crippen LogP contribution < -0.4 is 5.32 Å². The minimum absolute atomic E-state index is 0.0859. The van der Waals surface area contributed by atoms with Gasteiger partial charge in [-0.05, 0) is 42.2 Å². The SMILES string of the molecule is CCC(C)N(CC(=O)O)C(=O)NCCc1ccsc1. The second kappa shape index (κ2) is 7.78. The Bertz CT molecular complexity index is 406. The van der Waals surface area contributed by atoms with Crippen molar-refractivity contribution in [3.8, 4) is 0 Å². The first-order valence-corrected chi connectivity index (χ1v) is 7.26. The van der Waals surface area contributed by atoms with E-state index in [1.54, 1.807) is 11.3 Å². The Morgan fingerprint density at radius 3 is 2.79 bits per heavy atom. The molecule has 0 saturated carbocycles. The Kier molecular flexibility index (Phi) is 6.35. The first-order chi connectivity index (χ1) is 9.04. The first kappa shape index (κ1) is 15.5. The lowest BCUT2D eigenvalue weighted by Crippen LogP contribution is -2.47. The third-order valence-corrected chi connectivity index (χ3v) is 3.69. The smallest absolute Gasteiger partial charge is 0.323 e. The van der Waals surface area contributed by atoms with E-state index in [1.807, 2.05) is 30.7 Å². The molecule has 6 heteroatoms. The van der Waals surface area contributed by atoms with Crippen LogP contribution in [0.5, 0.6) is 0 Å². The maximum absolute atomic E-state index is 12.0. The summed E-state index contributed by atoms with van der Waals surface area (Å²) < 4.78 is 0. The number of urea groups is 1. The average molecular weight is 284 g/mol. The predicted molar refractivity (Wildman–Crippen MR) is 75.5 cm³/mol. The molecule has 19 heavy (non-hydrogen) atoms. The molecule has 0 aliphatic heterocycles. The second-order valence-electron chi connectivity index (χ2n) is 4.39. The monoisotopic (exact) mass is 284 g/mol. The van der Waals surface area contributed by atoms with Crippen molar-refractivity contribution in [1.82, 2.24) is 10.2 Å². The maximum atomic E-state index is 12.0. The lowest BCUT2D eigenvalue weighted by atomic mass is 10.2. The fourth-order valence-electron chi connectivity index (χ4n) is 1.64. The average Bonchev–Trinajstić information content (AvgIpc) is 2.87. The highest BCUT2D eigenvalue weighted by molar-refractivity contribution is 7.07. The van der Waals surface area contributed by atoms with Crippen molar-refractivity contribution < 1.29 is 14.7 Å². The van der Waals surface area contributed by atoms with Gasteiger partial charge in [-0.1, -0.05) is 6.92 Å². The van der Waals surface area contributed by atoms with E-state index >= 15 is 0 Å². The summed E-state index contributed by atoms with van der Waals surface area (Å²) in [6, 6.07) is 1.62. The number of carboxylic acids is 1. The van der Waals surface area contributed by atoms with Gasteiger partial charge in [0.15, 0.2) is 0 Å². The van der Waals surface area contributed by atoms with Crippen molar-refractivity contribution in [2.24, 2.45) is 0 Å². The van der Waals surface area contributed by atoms with Crippen molar-refractivity contribution in [2.45, 2.75) is 32.7 Å². The molecule has 1 aromatic heterocycles. The number of aliphatic carboxylic acids is 1. The van der Waals surface area contributed by atoms with Crippen molar-refractivity contribution >= 4 is 23.3 Å². The third kappa shape index (κ3) is 5.30.